The molecule has 0 unspecified atom stereocenters. The standard InChI is InChI=1S/C11H15BrN4O/c1-8(17)15-2-4-16(5-3-15)11-9(12)6-14-7-10(11)13/h6-7H,2-5,13H2,1H3. The van der Waals surface area contributed by atoms with Gasteiger partial charge in [-0.15, -0.1) is 0 Å². The maximum atomic E-state index is 11.2. The lowest BCUT2D eigenvalue weighted by Crippen LogP contribution is -2.48. The van der Waals surface area contributed by atoms with Crippen LogP contribution in [0.1, 0.15) is 6.92 Å². The van der Waals surface area contributed by atoms with Crippen LogP contribution >= 0.6 is 15.9 Å². The molecule has 0 saturated carbocycles. The summed E-state index contributed by atoms with van der Waals surface area (Å²) in [6.45, 7) is 4.68. The third kappa shape index (κ3) is 2.52. The first kappa shape index (κ1) is 12.2. The number of carbonyl (C=O) groups excluding carboxylic acids is 1. The zero-order valence-corrected chi connectivity index (χ0v) is 11.3. The highest BCUT2D eigenvalue weighted by Gasteiger charge is 2.21. The number of rotatable bonds is 1. The summed E-state index contributed by atoms with van der Waals surface area (Å²) < 4.78 is 0.897. The number of nitrogen functional groups attached to an aromatic ring is 1. The normalized spacial score (nSPS) is 16.1. The van der Waals surface area contributed by atoms with Crippen LogP contribution in [0.25, 0.3) is 0 Å². The second-order valence-corrected chi connectivity index (χ2v) is 4.91. The molecular weight excluding hydrogens is 284 g/mol. The Morgan fingerprint density at radius 2 is 2.00 bits per heavy atom. The molecule has 6 heteroatoms. The zero-order valence-electron chi connectivity index (χ0n) is 9.69. The van der Waals surface area contributed by atoms with E-state index in [2.05, 4.69) is 25.8 Å². The predicted octanol–water partition coefficient (Wildman–Crippen LogP) is 1.09. The summed E-state index contributed by atoms with van der Waals surface area (Å²) in [5, 5.41) is 0. The van der Waals surface area contributed by atoms with Crippen molar-refractivity contribution in [3.8, 4) is 0 Å². The number of piperazine rings is 1. The smallest absolute Gasteiger partial charge is 0.219 e. The van der Waals surface area contributed by atoms with Crippen LogP contribution in [-0.2, 0) is 4.79 Å². The summed E-state index contributed by atoms with van der Waals surface area (Å²) in [4.78, 5) is 19.3. The van der Waals surface area contributed by atoms with Crippen LogP contribution in [0.3, 0.4) is 0 Å². The van der Waals surface area contributed by atoms with Gasteiger partial charge in [0.1, 0.15) is 0 Å². The molecule has 0 atom stereocenters. The number of aromatic nitrogens is 1. The molecule has 1 aromatic heterocycles. The number of hydrogen-bond donors (Lipinski definition) is 1. The lowest BCUT2D eigenvalue weighted by Gasteiger charge is -2.36. The van der Waals surface area contributed by atoms with Crippen molar-refractivity contribution in [2.75, 3.05) is 36.8 Å². The Labute approximate surface area is 109 Å². The maximum absolute atomic E-state index is 11.2. The quantitative estimate of drug-likeness (QED) is 0.843. The molecule has 1 aliphatic heterocycles. The molecule has 5 nitrogen and oxygen atoms in total. The Morgan fingerprint density at radius 3 is 2.53 bits per heavy atom. The van der Waals surface area contributed by atoms with Crippen molar-refractivity contribution in [1.29, 1.82) is 0 Å². The van der Waals surface area contributed by atoms with E-state index >= 15 is 0 Å². The number of amides is 1. The van der Waals surface area contributed by atoms with E-state index in [9.17, 15) is 4.79 Å². The zero-order chi connectivity index (χ0) is 12.4. The molecule has 1 aromatic rings. The number of hydrogen-bond acceptors (Lipinski definition) is 4. The predicted molar refractivity (Wildman–Crippen MR) is 70.8 cm³/mol. The molecule has 0 bridgehead atoms. The van der Waals surface area contributed by atoms with Gasteiger partial charge in [-0.05, 0) is 15.9 Å². The average molecular weight is 299 g/mol. The van der Waals surface area contributed by atoms with Crippen molar-refractivity contribution in [2.24, 2.45) is 0 Å². The van der Waals surface area contributed by atoms with E-state index in [1.165, 1.54) is 0 Å². The van der Waals surface area contributed by atoms with Crippen LogP contribution < -0.4 is 10.6 Å². The second kappa shape index (κ2) is 4.91. The molecule has 0 aromatic carbocycles. The molecule has 2 N–H and O–H groups in total. The molecule has 2 heterocycles. The van der Waals surface area contributed by atoms with Crippen LogP contribution in [0.2, 0.25) is 0 Å². The van der Waals surface area contributed by atoms with Crippen LogP contribution in [-0.4, -0.2) is 42.0 Å². The minimum Gasteiger partial charge on any atom is -0.396 e. The molecule has 17 heavy (non-hydrogen) atoms. The van der Waals surface area contributed by atoms with Gasteiger partial charge >= 0.3 is 0 Å². The largest absolute Gasteiger partial charge is 0.396 e. The van der Waals surface area contributed by atoms with E-state index in [1.54, 1.807) is 19.3 Å². The summed E-state index contributed by atoms with van der Waals surface area (Å²) in [5.41, 5.74) is 7.57. The van der Waals surface area contributed by atoms with Crippen molar-refractivity contribution < 1.29 is 4.79 Å². The van der Waals surface area contributed by atoms with Crippen molar-refractivity contribution in [1.82, 2.24) is 9.88 Å². The van der Waals surface area contributed by atoms with Gasteiger partial charge in [-0.2, -0.15) is 0 Å². The van der Waals surface area contributed by atoms with Gasteiger partial charge < -0.3 is 15.5 Å². The number of carbonyl (C=O) groups is 1. The Hall–Kier alpha value is -1.30. The summed E-state index contributed by atoms with van der Waals surface area (Å²) >= 11 is 3.46. The van der Waals surface area contributed by atoms with Gasteiger partial charge in [-0.25, -0.2) is 0 Å². The minimum atomic E-state index is 0.131. The molecular formula is C11H15BrN4O. The van der Waals surface area contributed by atoms with Crippen molar-refractivity contribution in [3.63, 3.8) is 0 Å². The molecule has 2 rings (SSSR count). The fourth-order valence-corrected chi connectivity index (χ4v) is 2.62. The highest BCUT2D eigenvalue weighted by atomic mass is 79.9. The Bertz CT molecular complexity index is 409. The highest BCUT2D eigenvalue weighted by molar-refractivity contribution is 9.10. The van der Waals surface area contributed by atoms with E-state index in [1.807, 2.05) is 4.90 Å². The van der Waals surface area contributed by atoms with E-state index in [0.717, 1.165) is 36.3 Å². The number of halogens is 1. The summed E-state index contributed by atoms with van der Waals surface area (Å²) in [6, 6.07) is 0. The van der Waals surface area contributed by atoms with Crippen LogP contribution in [0.4, 0.5) is 11.4 Å². The van der Waals surface area contributed by atoms with Crippen molar-refractivity contribution in [3.05, 3.63) is 16.9 Å². The third-order valence-electron chi connectivity index (χ3n) is 2.94. The summed E-state index contributed by atoms with van der Waals surface area (Å²) in [6.07, 6.45) is 3.39. The van der Waals surface area contributed by atoms with Crippen LogP contribution in [0.15, 0.2) is 16.9 Å². The van der Waals surface area contributed by atoms with Gasteiger partial charge in [0.15, 0.2) is 0 Å². The molecule has 0 aliphatic carbocycles. The third-order valence-corrected chi connectivity index (χ3v) is 3.52. The van der Waals surface area contributed by atoms with Gasteiger partial charge in [-0.3, -0.25) is 9.78 Å². The molecule has 1 amide bonds. The molecule has 0 radical (unpaired) electrons. The highest BCUT2D eigenvalue weighted by Crippen LogP contribution is 2.31. The Kier molecular flexibility index (Phi) is 3.51. The average Bonchev–Trinajstić information content (AvgIpc) is 2.29. The van der Waals surface area contributed by atoms with E-state index < -0.39 is 0 Å². The molecule has 92 valence electrons. The van der Waals surface area contributed by atoms with Crippen LogP contribution in [0.5, 0.6) is 0 Å². The number of anilines is 2. The Morgan fingerprint density at radius 1 is 1.35 bits per heavy atom. The fraction of sp³-hybridized carbons (Fsp3) is 0.455. The van der Waals surface area contributed by atoms with Crippen LogP contribution in [0, 0.1) is 0 Å². The fourth-order valence-electron chi connectivity index (χ4n) is 2.02. The van der Waals surface area contributed by atoms with Crippen molar-refractivity contribution >= 4 is 33.2 Å². The van der Waals surface area contributed by atoms with E-state index in [0.29, 0.717) is 5.69 Å². The first-order valence-electron chi connectivity index (χ1n) is 5.49. The lowest BCUT2D eigenvalue weighted by molar-refractivity contribution is -0.129. The number of nitrogens with zero attached hydrogens (tertiary/aromatic N) is 3. The van der Waals surface area contributed by atoms with E-state index in [4.69, 9.17) is 5.73 Å². The molecule has 1 aliphatic rings. The molecule has 1 fully saturated rings. The second-order valence-electron chi connectivity index (χ2n) is 4.05. The topological polar surface area (TPSA) is 62.5 Å². The molecule has 0 spiro atoms. The maximum Gasteiger partial charge on any atom is 0.219 e. The van der Waals surface area contributed by atoms with E-state index in [-0.39, 0.29) is 5.91 Å². The lowest BCUT2D eigenvalue weighted by atomic mass is 10.2. The number of nitrogens with two attached hydrogens (primary N) is 1. The van der Waals surface area contributed by atoms with Gasteiger partial charge in [0.2, 0.25) is 5.91 Å². The summed E-state index contributed by atoms with van der Waals surface area (Å²) in [5.74, 6) is 0.131. The first-order chi connectivity index (χ1) is 8.09. The summed E-state index contributed by atoms with van der Waals surface area (Å²) in [7, 11) is 0. The first-order valence-corrected chi connectivity index (χ1v) is 6.28. The molecule has 1 saturated heterocycles. The van der Waals surface area contributed by atoms with Gasteiger partial charge in [0.05, 0.1) is 22.0 Å². The van der Waals surface area contributed by atoms with Gasteiger partial charge in [-0.1, -0.05) is 0 Å². The van der Waals surface area contributed by atoms with Gasteiger partial charge in [0.25, 0.3) is 0 Å². The van der Waals surface area contributed by atoms with Gasteiger partial charge in [0, 0.05) is 39.3 Å². The van der Waals surface area contributed by atoms with Crippen molar-refractivity contribution in [2.45, 2.75) is 6.92 Å². The monoisotopic (exact) mass is 298 g/mol. The Balaban J connectivity index is 2.13. The number of pyridine rings is 1. The minimum absolute atomic E-state index is 0.131. The SMILES string of the molecule is CC(=O)N1CCN(c2c(N)cncc2Br)CC1.